The van der Waals surface area contributed by atoms with Gasteiger partial charge in [0.25, 0.3) is 0 Å². The zero-order valence-corrected chi connectivity index (χ0v) is 11.6. The van der Waals surface area contributed by atoms with Gasteiger partial charge in [-0.05, 0) is 39.7 Å². The first-order valence-corrected chi connectivity index (χ1v) is 6.59. The molecule has 3 aromatic carbocycles. The van der Waals surface area contributed by atoms with Crippen LogP contribution in [0.4, 0.5) is 0 Å². The summed E-state index contributed by atoms with van der Waals surface area (Å²) in [6, 6.07) is 11.0. The fraction of sp³-hybridized carbons (Fsp3) is 0. The average Bonchev–Trinajstić information content (AvgIpc) is 2.50. The molecule has 114 valence electrons. The molecule has 0 radical (unpaired) electrons. The number of hydrogen-bond donors (Lipinski definition) is 3. The summed E-state index contributed by atoms with van der Waals surface area (Å²) in [5.74, 6) is -4.22. The van der Waals surface area contributed by atoms with Crippen LogP contribution in [-0.4, -0.2) is 33.2 Å². The fourth-order valence-corrected chi connectivity index (χ4v) is 2.69. The Balaban J connectivity index is 2.60. The highest BCUT2D eigenvalue weighted by Gasteiger charge is 2.24. The molecule has 0 aliphatic carbocycles. The standard InChI is InChI=1S/C17H10O6/c18-15(19)12-7-13(16(20)21)14(17(22)23)11-6-9-4-2-1-3-8(9)5-10(11)12/h1-7H,(H,18,19)(H,20,21)(H,22,23). The Hall–Kier alpha value is -3.41. The minimum Gasteiger partial charge on any atom is -0.478 e. The molecule has 6 heteroatoms. The number of aromatic carboxylic acids is 3. The molecule has 0 aromatic heterocycles. The quantitative estimate of drug-likeness (QED) is 0.641. The largest absolute Gasteiger partial charge is 0.478 e. The smallest absolute Gasteiger partial charge is 0.337 e. The van der Waals surface area contributed by atoms with E-state index in [-0.39, 0.29) is 16.3 Å². The van der Waals surface area contributed by atoms with Gasteiger partial charge in [0.2, 0.25) is 0 Å². The lowest BCUT2D eigenvalue weighted by Crippen LogP contribution is -2.12. The maximum Gasteiger partial charge on any atom is 0.337 e. The molecule has 0 amide bonds. The maximum atomic E-state index is 11.5. The van der Waals surface area contributed by atoms with Gasteiger partial charge in [0.1, 0.15) is 0 Å². The summed E-state index contributed by atoms with van der Waals surface area (Å²) < 4.78 is 0. The van der Waals surface area contributed by atoms with E-state index in [1.165, 1.54) is 6.07 Å². The first kappa shape index (κ1) is 14.5. The lowest BCUT2D eigenvalue weighted by Gasteiger charge is -2.11. The maximum absolute atomic E-state index is 11.5. The van der Waals surface area contributed by atoms with E-state index < -0.39 is 29.0 Å². The van der Waals surface area contributed by atoms with Crippen LogP contribution >= 0.6 is 0 Å². The van der Waals surface area contributed by atoms with Crippen LogP contribution in [0.3, 0.4) is 0 Å². The van der Waals surface area contributed by atoms with Gasteiger partial charge in [-0.25, -0.2) is 14.4 Å². The number of fused-ring (bicyclic) bond motifs is 2. The number of rotatable bonds is 3. The Kier molecular flexibility index (Phi) is 3.22. The van der Waals surface area contributed by atoms with Crippen molar-refractivity contribution in [1.82, 2.24) is 0 Å². The van der Waals surface area contributed by atoms with E-state index >= 15 is 0 Å². The fourth-order valence-electron chi connectivity index (χ4n) is 2.69. The number of benzene rings is 3. The molecule has 0 saturated heterocycles. The first-order valence-electron chi connectivity index (χ1n) is 6.59. The minimum atomic E-state index is -1.49. The summed E-state index contributed by atoms with van der Waals surface area (Å²) in [5.41, 5.74) is -1.20. The summed E-state index contributed by atoms with van der Waals surface area (Å²) in [5, 5.41) is 29.7. The predicted molar refractivity (Wildman–Crippen MR) is 82.3 cm³/mol. The van der Waals surface area contributed by atoms with E-state index in [1.54, 1.807) is 30.3 Å². The normalized spacial score (nSPS) is 10.8. The molecule has 0 spiro atoms. The van der Waals surface area contributed by atoms with E-state index in [1.807, 2.05) is 0 Å². The summed E-state index contributed by atoms with van der Waals surface area (Å²) >= 11 is 0. The first-order chi connectivity index (χ1) is 10.9. The van der Waals surface area contributed by atoms with Crippen molar-refractivity contribution >= 4 is 39.5 Å². The van der Waals surface area contributed by atoms with Gasteiger partial charge in [-0.2, -0.15) is 0 Å². The lowest BCUT2D eigenvalue weighted by atomic mass is 9.92. The summed E-state index contributed by atoms with van der Waals surface area (Å²) in [6.07, 6.45) is 0. The molecule has 3 N–H and O–H groups in total. The van der Waals surface area contributed by atoms with Crippen molar-refractivity contribution in [2.24, 2.45) is 0 Å². The van der Waals surface area contributed by atoms with Crippen LogP contribution in [0.5, 0.6) is 0 Å². The zero-order chi connectivity index (χ0) is 16.7. The summed E-state index contributed by atoms with van der Waals surface area (Å²) in [6.45, 7) is 0. The number of carboxylic acids is 3. The second-order valence-electron chi connectivity index (χ2n) is 5.01. The summed E-state index contributed by atoms with van der Waals surface area (Å²) in [7, 11) is 0. The van der Waals surface area contributed by atoms with Crippen molar-refractivity contribution in [3.8, 4) is 0 Å². The molecule has 6 nitrogen and oxygen atoms in total. The van der Waals surface area contributed by atoms with Gasteiger partial charge in [-0.1, -0.05) is 24.3 Å². The van der Waals surface area contributed by atoms with Gasteiger partial charge in [0, 0.05) is 0 Å². The number of carboxylic acid groups (broad SMARTS) is 3. The van der Waals surface area contributed by atoms with Crippen molar-refractivity contribution in [2.45, 2.75) is 0 Å². The minimum absolute atomic E-state index is 0.0912. The van der Waals surface area contributed by atoms with Gasteiger partial charge in [-0.3, -0.25) is 0 Å². The van der Waals surface area contributed by atoms with Crippen LogP contribution in [0.2, 0.25) is 0 Å². The van der Waals surface area contributed by atoms with Crippen molar-refractivity contribution in [1.29, 1.82) is 0 Å². The van der Waals surface area contributed by atoms with Crippen LogP contribution in [0.15, 0.2) is 42.5 Å². The van der Waals surface area contributed by atoms with Gasteiger partial charge in [-0.15, -0.1) is 0 Å². The second-order valence-corrected chi connectivity index (χ2v) is 5.01. The van der Waals surface area contributed by atoms with E-state index in [2.05, 4.69) is 0 Å². The highest BCUT2D eigenvalue weighted by atomic mass is 16.4. The highest BCUT2D eigenvalue weighted by molar-refractivity contribution is 6.19. The van der Waals surface area contributed by atoms with Crippen LogP contribution in [0.25, 0.3) is 21.5 Å². The third-order valence-corrected chi connectivity index (χ3v) is 3.68. The van der Waals surface area contributed by atoms with Gasteiger partial charge in [0.05, 0.1) is 16.7 Å². The van der Waals surface area contributed by atoms with Crippen molar-refractivity contribution in [3.63, 3.8) is 0 Å². The molecule has 0 atom stereocenters. The lowest BCUT2D eigenvalue weighted by molar-refractivity contribution is 0.0651. The van der Waals surface area contributed by atoms with Crippen molar-refractivity contribution in [2.75, 3.05) is 0 Å². The van der Waals surface area contributed by atoms with E-state index in [0.717, 1.165) is 11.5 Å². The molecule has 0 aliphatic heterocycles. The Morgan fingerprint density at radius 2 is 1.17 bits per heavy atom. The molecule has 0 saturated carbocycles. The topological polar surface area (TPSA) is 112 Å². The van der Waals surface area contributed by atoms with E-state index in [0.29, 0.717) is 5.39 Å². The molecule has 0 fully saturated rings. The van der Waals surface area contributed by atoms with Gasteiger partial charge in [0.15, 0.2) is 0 Å². The summed E-state index contributed by atoms with van der Waals surface area (Å²) in [4.78, 5) is 34.4. The molecule has 0 heterocycles. The monoisotopic (exact) mass is 310 g/mol. The Labute approximate surface area is 129 Å². The van der Waals surface area contributed by atoms with Crippen molar-refractivity contribution in [3.05, 3.63) is 59.2 Å². The molecule has 0 aliphatic rings. The number of carbonyl (C=O) groups is 3. The molecule has 23 heavy (non-hydrogen) atoms. The molecular formula is C17H10O6. The number of hydrogen-bond acceptors (Lipinski definition) is 3. The van der Waals surface area contributed by atoms with Crippen LogP contribution < -0.4 is 0 Å². The Morgan fingerprint density at radius 3 is 1.65 bits per heavy atom. The molecule has 0 bridgehead atoms. The average molecular weight is 310 g/mol. The van der Waals surface area contributed by atoms with E-state index in [9.17, 15) is 29.7 Å². The predicted octanol–water partition coefficient (Wildman–Crippen LogP) is 3.09. The SMILES string of the molecule is O=C(O)c1cc(C(=O)O)c2cc3ccccc3cc2c1C(=O)O. The van der Waals surface area contributed by atoms with E-state index in [4.69, 9.17) is 0 Å². The Morgan fingerprint density at radius 1 is 0.652 bits per heavy atom. The molecule has 3 aromatic rings. The Bertz CT molecular complexity index is 1000. The third-order valence-electron chi connectivity index (χ3n) is 3.68. The van der Waals surface area contributed by atoms with Crippen LogP contribution in [-0.2, 0) is 0 Å². The molecular weight excluding hydrogens is 300 g/mol. The van der Waals surface area contributed by atoms with Gasteiger partial charge >= 0.3 is 17.9 Å². The third kappa shape index (κ3) is 2.26. The second kappa shape index (κ2) is 5.10. The van der Waals surface area contributed by atoms with Gasteiger partial charge < -0.3 is 15.3 Å². The van der Waals surface area contributed by atoms with Crippen LogP contribution in [0, 0.1) is 0 Å². The molecule has 3 rings (SSSR count). The molecule has 0 unspecified atom stereocenters. The van der Waals surface area contributed by atoms with Crippen LogP contribution in [0.1, 0.15) is 31.1 Å². The zero-order valence-electron chi connectivity index (χ0n) is 11.6. The van der Waals surface area contributed by atoms with Crippen molar-refractivity contribution < 1.29 is 29.7 Å². The highest BCUT2D eigenvalue weighted by Crippen LogP contribution is 2.31.